The molecular formula is C20H32O2. The Kier molecular flexibility index (Phi) is 5.68. The number of hydrogen-bond acceptors (Lipinski definition) is 2. The fourth-order valence-corrected chi connectivity index (χ4v) is 3.55. The van der Waals surface area contributed by atoms with Gasteiger partial charge < -0.3 is 9.84 Å². The number of epoxide rings is 1. The second kappa shape index (κ2) is 7.14. The molecule has 0 aromatic rings. The number of fused-ring (bicyclic) bond motifs is 1. The molecular weight excluding hydrogens is 272 g/mol. The minimum Gasteiger partial charge on any atom is -0.390 e. The van der Waals surface area contributed by atoms with Crippen LogP contribution in [0.3, 0.4) is 0 Å². The van der Waals surface area contributed by atoms with Gasteiger partial charge in [-0.25, -0.2) is 0 Å². The van der Waals surface area contributed by atoms with Gasteiger partial charge in [-0.2, -0.15) is 0 Å². The summed E-state index contributed by atoms with van der Waals surface area (Å²) >= 11 is 0. The van der Waals surface area contributed by atoms with Crippen molar-refractivity contribution in [2.45, 2.75) is 84.0 Å². The number of ether oxygens (including phenoxy) is 1. The Hall–Kier alpha value is -0.860. The van der Waals surface area contributed by atoms with Crippen LogP contribution in [0.5, 0.6) is 0 Å². The van der Waals surface area contributed by atoms with Gasteiger partial charge in [0.2, 0.25) is 0 Å². The first kappa shape index (κ1) is 17.5. The zero-order valence-corrected chi connectivity index (χ0v) is 14.7. The van der Waals surface area contributed by atoms with E-state index in [-0.39, 0.29) is 17.6 Å². The van der Waals surface area contributed by atoms with Gasteiger partial charge in [-0.1, -0.05) is 35.5 Å². The summed E-state index contributed by atoms with van der Waals surface area (Å²) in [4.78, 5) is 0. The van der Waals surface area contributed by atoms with Gasteiger partial charge in [0.05, 0.1) is 11.7 Å². The number of aliphatic hydroxyl groups is 1. The summed E-state index contributed by atoms with van der Waals surface area (Å²) in [5, 5.41) is 10.7. The summed E-state index contributed by atoms with van der Waals surface area (Å²) in [6.07, 6.45) is 10.5. The summed E-state index contributed by atoms with van der Waals surface area (Å²) in [7, 11) is 0. The van der Waals surface area contributed by atoms with E-state index in [9.17, 15) is 5.11 Å². The first-order chi connectivity index (χ1) is 10.3. The smallest absolute Gasteiger partial charge is 0.113 e. The maximum atomic E-state index is 10.7. The van der Waals surface area contributed by atoms with Crippen LogP contribution in [-0.4, -0.2) is 22.9 Å². The molecule has 1 fully saturated rings. The molecule has 2 heteroatoms. The van der Waals surface area contributed by atoms with Crippen molar-refractivity contribution in [2.24, 2.45) is 5.92 Å². The number of rotatable bonds is 1. The van der Waals surface area contributed by atoms with Crippen molar-refractivity contribution in [2.75, 3.05) is 0 Å². The van der Waals surface area contributed by atoms with Gasteiger partial charge in [0.25, 0.3) is 0 Å². The van der Waals surface area contributed by atoms with Crippen molar-refractivity contribution in [3.05, 3.63) is 35.5 Å². The number of hydrogen-bond donors (Lipinski definition) is 1. The lowest BCUT2D eigenvalue weighted by Crippen LogP contribution is -2.31. The topological polar surface area (TPSA) is 32.8 Å². The van der Waals surface area contributed by atoms with Gasteiger partial charge >= 0.3 is 0 Å². The normalized spacial score (nSPS) is 42.1. The Morgan fingerprint density at radius 3 is 2.55 bits per heavy atom. The van der Waals surface area contributed by atoms with Crippen LogP contribution in [0.2, 0.25) is 0 Å². The van der Waals surface area contributed by atoms with Gasteiger partial charge in [-0.15, -0.1) is 0 Å². The molecule has 2 nitrogen and oxygen atoms in total. The van der Waals surface area contributed by atoms with Gasteiger partial charge in [0.1, 0.15) is 6.10 Å². The van der Waals surface area contributed by atoms with Crippen LogP contribution < -0.4 is 0 Å². The molecule has 0 spiro atoms. The molecule has 1 unspecified atom stereocenters. The summed E-state index contributed by atoms with van der Waals surface area (Å²) in [6, 6.07) is 0. The lowest BCUT2D eigenvalue weighted by molar-refractivity contribution is 0.0882. The molecule has 0 aromatic carbocycles. The average molecular weight is 304 g/mol. The van der Waals surface area contributed by atoms with Crippen LogP contribution in [0.15, 0.2) is 35.5 Å². The maximum absolute atomic E-state index is 10.7. The Morgan fingerprint density at radius 2 is 1.86 bits per heavy atom. The van der Waals surface area contributed by atoms with Gasteiger partial charge in [0, 0.05) is 5.92 Å². The summed E-state index contributed by atoms with van der Waals surface area (Å²) in [6.45, 7) is 12.7. The molecule has 4 atom stereocenters. The van der Waals surface area contributed by atoms with E-state index in [1.165, 1.54) is 11.1 Å². The second-order valence-electron chi connectivity index (χ2n) is 7.51. The van der Waals surface area contributed by atoms with Crippen LogP contribution in [0.4, 0.5) is 0 Å². The Morgan fingerprint density at radius 1 is 1.23 bits per heavy atom. The van der Waals surface area contributed by atoms with Gasteiger partial charge in [-0.3, -0.25) is 0 Å². The van der Waals surface area contributed by atoms with Crippen molar-refractivity contribution in [3.8, 4) is 0 Å². The average Bonchev–Trinajstić information content (AvgIpc) is 3.09. The molecule has 2 aliphatic rings. The highest BCUT2D eigenvalue weighted by Crippen LogP contribution is 2.45. The van der Waals surface area contributed by atoms with Crippen LogP contribution in [0.25, 0.3) is 0 Å². The highest BCUT2D eigenvalue weighted by molar-refractivity contribution is 5.13. The number of aliphatic hydroxyl groups excluding tert-OH is 1. The molecule has 22 heavy (non-hydrogen) atoms. The van der Waals surface area contributed by atoms with Crippen molar-refractivity contribution >= 4 is 0 Å². The number of allylic oxidation sites excluding steroid dienone is 4. The van der Waals surface area contributed by atoms with Crippen molar-refractivity contribution in [1.82, 2.24) is 0 Å². The highest BCUT2D eigenvalue weighted by Gasteiger charge is 2.56. The maximum Gasteiger partial charge on any atom is 0.113 e. The zero-order chi connectivity index (χ0) is 16.3. The van der Waals surface area contributed by atoms with Crippen LogP contribution in [0, 0.1) is 5.92 Å². The molecule has 1 aliphatic carbocycles. The van der Waals surface area contributed by atoms with E-state index in [2.05, 4.69) is 39.5 Å². The third kappa shape index (κ3) is 4.33. The summed E-state index contributed by atoms with van der Waals surface area (Å²) in [5.74, 6) is 0.135. The Balaban J connectivity index is 2.13. The largest absolute Gasteiger partial charge is 0.390 e. The zero-order valence-electron chi connectivity index (χ0n) is 14.7. The molecule has 0 amide bonds. The SMILES string of the molecule is C=C(C)C1CC/C(C)=C/CC/C(C)=C/CC[C@]2(C)O[C@H]2[C@@H]1O. The lowest BCUT2D eigenvalue weighted by atomic mass is 9.84. The van der Waals surface area contributed by atoms with E-state index in [4.69, 9.17) is 4.74 Å². The van der Waals surface area contributed by atoms with Crippen molar-refractivity contribution < 1.29 is 9.84 Å². The monoisotopic (exact) mass is 304 g/mol. The minimum absolute atomic E-state index is 0.0323. The standard InChI is InChI=1S/C20H32O2/c1-14(2)17-12-11-16(4)9-6-8-15(3)10-7-13-20(5)19(22-20)18(17)21/h9-10,17-19,21H,1,6-8,11-13H2,2-5H3/b15-10+,16-9+/t17?,18-,19+,20+/m1/s1. The third-order valence-corrected chi connectivity index (χ3v) is 5.31. The second-order valence-corrected chi connectivity index (χ2v) is 7.51. The van der Waals surface area contributed by atoms with E-state index >= 15 is 0 Å². The first-order valence-electron chi connectivity index (χ1n) is 8.66. The van der Waals surface area contributed by atoms with Gasteiger partial charge in [0.15, 0.2) is 0 Å². The van der Waals surface area contributed by atoms with Gasteiger partial charge in [-0.05, 0) is 66.2 Å². The van der Waals surface area contributed by atoms with Crippen LogP contribution in [0.1, 0.15) is 66.2 Å². The molecule has 0 radical (unpaired) electrons. The third-order valence-electron chi connectivity index (χ3n) is 5.31. The summed E-state index contributed by atoms with van der Waals surface area (Å²) < 4.78 is 5.90. The van der Waals surface area contributed by atoms with Crippen molar-refractivity contribution in [1.29, 1.82) is 0 Å². The van der Waals surface area contributed by atoms with E-state index in [1.54, 1.807) is 0 Å². The Bertz CT molecular complexity index is 474. The van der Waals surface area contributed by atoms with E-state index < -0.39 is 6.10 Å². The fourth-order valence-electron chi connectivity index (χ4n) is 3.55. The van der Waals surface area contributed by atoms with E-state index in [1.807, 2.05) is 6.92 Å². The first-order valence-corrected chi connectivity index (χ1v) is 8.66. The van der Waals surface area contributed by atoms with Crippen LogP contribution in [-0.2, 0) is 4.74 Å². The Labute approximate surface area is 136 Å². The molecule has 124 valence electrons. The van der Waals surface area contributed by atoms with Crippen LogP contribution >= 0.6 is 0 Å². The fraction of sp³-hybridized carbons (Fsp3) is 0.700. The predicted molar refractivity (Wildman–Crippen MR) is 92.8 cm³/mol. The van der Waals surface area contributed by atoms with E-state index in [0.717, 1.165) is 44.1 Å². The molecule has 0 aromatic heterocycles. The molecule has 0 bridgehead atoms. The molecule has 0 saturated carbocycles. The molecule has 1 N–H and O–H groups in total. The molecule has 2 rings (SSSR count). The minimum atomic E-state index is -0.427. The quantitative estimate of drug-likeness (QED) is 0.549. The molecule has 1 saturated heterocycles. The lowest BCUT2D eigenvalue weighted by Gasteiger charge is -2.23. The highest BCUT2D eigenvalue weighted by atomic mass is 16.6. The molecule has 1 aliphatic heterocycles. The molecule has 1 heterocycles. The van der Waals surface area contributed by atoms with E-state index in [0.29, 0.717) is 0 Å². The predicted octanol–water partition coefficient (Wildman–Crippen LogP) is 4.94. The van der Waals surface area contributed by atoms with Crippen molar-refractivity contribution in [3.63, 3.8) is 0 Å². The summed E-state index contributed by atoms with van der Waals surface area (Å²) in [5.41, 5.74) is 3.80.